The van der Waals surface area contributed by atoms with Gasteiger partial charge in [0.1, 0.15) is 13.2 Å². The number of ether oxygens (including phenoxy) is 2. The highest BCUT2D eigenvalue weighted by Gasteiger charge is 2.22. The van der Waals surface area contributed by atoms with Crippen LogP contribution < -0.4 is 14.8 Å². The van der Waals surface area contributed by atoms with E-state index < -0.39 is 0 Å². The van der Waals surface area contributed by atoms with Crippen LogP contribution in [0.5, 0.6) is 11.5 Å². The van der Waals surface area contributed by atoms with Gasteiger partial charge in [0, 0.05) is 14.2 Å². The van der Waals surface area contributed by atoms with Gasteiger partial charge < -0.3 is 14.8 Å². The molecule has 1 aromatic heterocycles. The summed E-state index contributed by atoms with van der Waals surface area (Å²) < 4.78 is 12.4. The van der Waals surface area contributed by atoms with Crippen molar-refractivity contribution in [2.45, 2.75) is 19.9 Å². The highest BCUT2D eigenvalue weighted by atomic mass is 79.9. The maximum Gasteiger partial charge on any atom is 0.162 e. The van der Waals surface area contributed by atoms with Crippen molar-refractivity contribution in [1.29, 1.82) is 0 Å². The van der Waals surface area contributed by atoms with E-state index in [1.54, 1.807) is 0 Å². The number of fused-ring (bicyclic) bond motifs is 1. The predicted molar refractivity (Wildman–Crippen MR) is 89.8 cm³/mol. The molecule has 21 heavy (non-hydrogen) atoms. The Morgan fingerprint density at radius 1 is 1.14 bits per heavy atom. The molecule has 0 radical (unpaired) electrons. The molecule has 3 nitrogen and oxygen atoms in total. The molecule has 2 aromatic rings. The van der Waals surface area contributed by atoms with E-state index in [1.165, 1.54) is 20.9 Å². The smallest absolute Gasteiger partial charge is 0.162 e. The Balaban J connectivity index is 2.04. The van der Waals surface area contributed by atoms with E-state index >= 15 is 0 Å². The number of thiophene rings is 1. The van der Waals surface area contributed by atoms with Crippen LogP contribution >= 0.6 is 27.3 Å². The summed E-state index contributed by atoms with van der Waals surface area (Å²) >= 11 is 5.50. The zero-order chi connectivity index (χ0) is 15.0. The summed E-state index contributed by atoms with van der Waals surface area (Å²) in [4.78, 5) is 2.67. The van der Waals surface area contributed by atoms with Crippen molar-refractivity contribution in [1.82, 2.24) is 5.32 Å². The van der Waals surface area contributed by atoms with E-state index in [2.05, 4.69) is 47.2 Å². The van der Waals surface area contributed by atoms with Gasteiger partial charge in [0.2, 0.25) is 0 Å². The quantitative estimate of drug-likeness (QED) is 0.881. The summed E-state index contributed by atoms with van der Waals surface area (Å²) in [5, 5.41) is 3.41. The molecule has 0 bridgehead atoms. The Morgan fingerprint density at radius 3 is 2.38 bits per heavy atom. The van der Waals surface area contributed by atoms with Crippen molar-refractivity contribution >= 4 is 27.3 Å². The molecule has 1 atom stereocenters. The number of hydrogen-bond acceptors (Lipinski definition) is 4. The van der Waals surface area contributed by atoms with Crippen molar-refractivity contribution in [3.05, 3.63) is 43.6 Å². The molecule has 1 aliphatic rings. The SMILES string of the molecule is CNC(c1cc(C)c(C)s1)c1cc2c(cc1Br)OCCO2. The summed E-state index contributed by atoms with van der Waals surface area (Å²) in [6.45, 7) is 5.53. The first-order valence-electron chi connectivity index (χ1n) is 6.93. The number of halogens is 1. The third-order valence-corrected chi connectivity index (χ3v) is 5.63. The van der Waals surface area contributed by atoms with Gasteiger partial charge >= 0.3 is 0 Å². The van der Waals surface area contributed by atoms with Crippen LogP contribution in [0.2, 0.25) is 0 Å². The first-order chi connectivity index (χ1) is 10.1. The monoisotopic (exact) mass is 367 g/mol. The van der Waals surface area contributed by atoms with E-state index in [4.69, 9.17) is 9.47 Å². The fraction of sp³-hybridized carbons (Fsp3) is 0.375. The lowest BCUT2D eigenvalue weighted by Gasteiger charge is -2.23. The molecule has 2 heterocycles. The van der Waals surface area contributed by atoms with Crippen LogP contribution in [0.4, 0.5) is 0 Å². The highest BCUT2D eigenvalue weighted by molar-refractivity contribution is 9.10. The van der Waals surface area contributed by atoms with E-state index in [0.717, 1.165) is 16.0 Å². The molecular formula is C16H18BrNO2S. The lowest BCUT2D eigenvalue weighted by molar-refractivity contribution is 0.171. The first-order valence-corrected chi connectivity index (χ1v) is 8.54. The van der Waals surface area contributed by atoms with Gasteiger partial charge in [0.05, 0.1) is 6.04 Å². The van der Waals surface area contributed by atoms with Gasteiger partial charge in [-0.1, -0.05) is 15.9 Å². The van der Waals surface area contributed by atoms with Crippen LogP contribution in [-0.2, 0) is 0 Å². The van der Waals surface area contributed by atoms with Crippen molar-refractivity contribution in [2.75, 3.05) is 20.3 Å². The maximum atomic E-state index is 5.71. The molecule has 0 aliphatic carbocycles. The van der Waals surface area contributed by atoms with Gasteiger partial charge in [-0.15, -0.1) is 11.3 Å². The second-order valence-electron chi connectivity index (χ2n) is 5.13. The summed E-state index contributed by atoms with van der Waals surface area (Å²) in [6, 6.07) is 6.48. The molecule has 3 rings (SSSR count). The summed E-state index contributed by atoms with van der Waals surface area (Å²) in [5.41, 5.74) is 2.51. The van der Waals surface area contributed by atoms with Crippen LogP contribution in [0, 0.1) is 13.8 Å². The Bertz CT molecular complexity index is 649. The maximum absolute atomic E-state index is 5.71. The normalized spacial score (nSPS) is 15.0. The van der Waals surface area contributed by atoms with Gasteiger partial charge in [-0.25, -0.2) is 0 Å². The van der Waals surface area contributed by atoms with Crippen LogP contribution in [0.3, 0.4) is 0 Å². The minimum atomic E-state index is 0.146. The van der Waals surface area contributed by atoms with Crippen LogP contribution in [0.25, 0.3) is 0 Å². The molecule has 1 aromatic carbocycles. The number of hydrogen-bond donors (Lipinski definition) is 1. The number of aryl methyl sites for hydroxylation is 2. The number of benzene rings is 1. The highest BCUT2D eigenvalue weighted by Crippen LogP contribution is 2.40. The summed E-state index contributed by atoms with van der Waals surface area (Å²) in [6.07, 6.45) is 0. The van der Waals surface area contributed by atoms with Crippen molar-refractivity contribution in [3.63, 3.8) is 0 Å². The minimum absolute atomic E-state index is 0.146. The van der Waals surface area contributed by atoms with Gasteiger partial charge in [-0.3, -0.25) is 0 Å². The second kappa shape index (κ2) is 5.99. The molecule has 0 saturated carbocycles. The van der Waals surface area contributed by atoms with E-state index in [0.29, 0.717) is 13.2 Å². The van der Waals surface area contributed by atoms with Gasteiger partial charge in [0.15, 0.2) is 11.5 Å². The molecule has 0 fully saturated rings. The summed E-state index contributed by atoms with van der Waals surface area (Å²) in [5.74, 6) is 1.63. The minimum Gasteiger partial charge on any atom is -0.486 e. The third-order valence-electron chi connectivity index (χ3n) is 3.73. The largest absolute Gasteiger partial charge is 0.486 e. The molecule has 0 spiro atoms. The van der Waals surface area contributed by atoms with E-state index in [9.17, 15) is 0 Å². The standard InChI is InChI=1S/C16H18BrNO2S/c1-9-6-15(21-10(9)2)16(18-3)11-7-13-14(8-12(11)17)20-5-4-19-13/h6-8,16,18H,4-5H2,1-3H3. The van der Waals surface area contributed by atoms with Crippen LogP contribution in [0.15, 0.2) is 22.7 Å². The molecule has 5 heteroatoms. The lowest BCUT2D eigenvalue weighted by atomic mass is 10.0. The Hall–Kier alpha value is -1.04. The summed E-state index contributed by atoms with van der Waals surface area (Å²) in [7, 11) is 1.98. The van der Waals surface area contributed by atoms with E-state index in [-0.39, 0.29) is 6.04 Å². The number of rotatable bonds is 3. The van der Waals surface area contributed by atoms with Crippen LogP contribution in [-0.4, -0.2) is 20.3 Å². The average molecular weight is 368 g/mol. The first kappa shape index (κ1) is 14.9. The lowest BCUT2D eigenvalue weighted by Crippen LogP contribution is -2.19. The molecule has 0 saturated heterocycles. The van der Waals surface area contributed by atoms with Crippen LogP contribution in [0.1, 0.15) is 26.9 Å². The van der Waals surface area contributed by atoms with Crippen molar-refractivity contribution in [2.24, 2.45) is 0 Å². The van der Waals surface area contributed by atoms with E-state index in [1.807, 2.05) is 24.5 Å². The Morgan fingerprint density at radius 2 is 1.81 bits per heavy atom. The molecule has 1 aliphatic heterocycles. The Kier molecular flexibility index (Phi) is 4.24. The van der Waals surface area contributed by atoms with Crippen molar-refractivity contribution < 1.29 is 9.47 Å². The zero-order valence-electron chi connectivity index (χ0n) is 12.3. The average Bonchev–Trinajstić information content (AvgIpc) is 2.80. The van der Waals surface area contributed by atoms with Gasteiger partial charge in [-0.2, -0.15) is 0 Å². The molecule has 0 amide bonds. The fourth-order valence-corrected chi connectivity index (χ4v) is 4.22. The number of nitrogens with one attached hydrogen (secondary N) is 1. The fourth-order valence-electron chi connectivity index (χ4n) is 2.50. The second-order valence-corrected chi connectivity index (χ2v) is 7.27. The zero-order valence-corrected chi connectivity index (χ0v) is 14.7. The molecule has 112 valence electrons. The molecular weight excluding hydrogens is 350 g/mol. The predicted octanol–water partition coefficient (Wildman–Crippen LogP) is 4.21. The molecule has 1 unspecified atom stereocenters. The van der Waals surface area contributed by atoms with Gasteiger partial charge in [0.25, 0.3) is 0 Å². The van der Waals surface area contributed by atoms with Crippen molar-refractivity contribution in [3.8, 4) is 11.5 Å². The third kappa shape index (κ3) is 2.82. The molecule has 1 N–H and O–H groups in total. The van der Waals surface area contributed by atoms with Gasteiger partial charge in [-0.05, 0) is 50.2 Å². The Labute approximate surface area is 137 Å². The topological polar surface area (TPSA) is 30.5 Å².